The van der Waals surface area contributed by atoms with E-state index in [4.69, 9.17) is 9.84 Å². The summed E-state index contributed by atoms with van der Waals surface area (Å²) in [4.78, 5) is 11.8. The topological polar surface area (TPSA) is 58.6 Å². The van der Waals surface area contributed by atoms with Crippen molar-refractivity contribution < 1.29 is 14.6 Å². The molecule has 1 aromatic rings. The fourth-order valence-corrected chi connectivity index (χ4v) is 1.53. The number of ether oxygens (including phenoxy) is 1. The van der Waals surface area contributed by atoms with Gasteiger partial charge >= 0.3 is 0 Å². The second-order valence-electron chi connectivity index (χ2n) is 4.26. The maximum atomic E-state index is 11.8. The number of hydrogen-bond donors (Lipinski definition) is 2. The molecular weight excluding hydrogens is 254 g/mol. The molecule has 0 fully saturated rings. The second kappa shape index (κ2) is 10.0. The molecule has 20 heavy (non-hydrogen) atoms. The molecule has 0 saturated carbocycles. The molecule has 0 unspecified atom stereocenters. The third-order valence-corrected chi connectivity index (χ3v) is 2.63. The third kappa shape index (κ3) is 6.37. The number of hydrogen-bond acceptors (Lipinski definition) is 3. The van der Waals surface area contributed by atoms with E-state index in [-0.39, 0.29) is 12.5 Å². The quantitative estimate of drug-likeness (QED) is 0.587. The number of carbonyl (C=O) groups is 1. The van der Waals surface area contributed by atoms with Crippen LogP contribution >= 0.6 is 0 Å². The molecule has 108 valence electrons. The Kier molecular flexibility index (Phi) is 8.13. The number of nitrogens with one attached hydrogen (secondary N) is 1. The monoisotopic (exact) mass is 275 g/mol. The van der Waals surface area contributed by atoms with Crippen molar-refractivity contribution in [1.29, 1.82) is 0 Å². The summed E-state index contributed by atoms with van der Waals surface area (Å²) >= 11 is 0. The van der Waals surface area contributed by atoms with E-state index in [1.807, 2.05) is 0 Å². The molecule has 0 heterocycles. The number of benzene rings is 1. The fourth-order valence-electron chi connectivity index (χ4n) is 1.53. The van der Waals surface area contributed by atoms with Crippen LogP contribution in [0.2, 0.25) is 0 Å². The molecule has 0 atom stereocenters. The fraction of sp³-hybridized carbons (Fsp3) is 0.438. The lowest BCUT2D eigenvalue weighted by atomic mass is 10.1. The molecule has 2 N–H and O–H groups in total. The smallest absolute Gasteiger partial charge is 0.251 e. The van der Waals surface area contributed by atoms with Gasteiger partial charge in [-0.15, -0.1) is 0 Å². The summed E-state index contributed by atoms with van der Waals surface area (Å²) in [6, 6.07) is 6.95. The molecule has 1 rings (SSSR count). The molecule has 0 spiro atoms. The Labute approximate surface area is 120 Å². The Bertz CT molecular complexity index is 457. The lowest BCUT2D eigenvalue weighted by Gasteiger charge is -2.06. The summed E-state index contributed by atoms with van der Waals surface area (Å²) in [6.45, 7) is 3.73. The van der Waals surface area contributed by atoms with E-state index in [1.54, 1.807) is 24.3 Å². The summed E-state index contributed by atoms with van der Waals surface area (Å²) in [7, 11) is 0. The van der Waals surface area contributed by atoms with Gasteiger partial charge in [0.1, 0.15) is 6.61 Å². The summed E-state index contributed by atoms with van der Waals surface area (Å²) in [5.74, 6) is 5.22. The van der Waals surface area contributed by atoms with Gasteiger partial charge < -0.3 is 15.2 Å². The van der Waals surface area contributed by atoms with Gasteiger partial charge in [0, 0.05) is 24.3 Å². The van der Waals surface area contributed by atoms with Crippen LogP contribution in [0.5, 0.6) is 0 Å². The van der Waals surface area contributed by atoms with Crippen LogP contribution in [0, 0.1) is 11.8 Å². The Morgan fingerprint density at radius 3 is 2.70 bits per heavy atom. The van der Waals surface area contributed by atoms with Crippen LogP contribution in [0.25, 0.3) is 0 Å². The first-order valence-corrected chi connectivity index (χ1v) is 6.83. The molecule has 0 aliphatic carbocycles. The van der Waals surface area contributed by atoms with E-state index in [1.165, 1.54) is 0 Å². The lowest BCUT2D eigenvalue weighted by molar-refractivity contribution is 0.0913. The Balaban J connectivity index is 2.32. The van der Waals surface area contributed by atoms with E-state index in [0.717, 1.165) is 25.0 Å². The molecule has 1 aromatic carbocycles. The highest BCUT2D eigenvalue weighted by Crippen LogP contribution is 2.03. The number of aliphatic hydroxyl groups excluding tert-OH is 1. The minimum atomic E-state index is -0.166. The SMILES string of the molecule is CCCCOCCNC(=O)c1ccc(C#CCO)cc1. The molecule has 0 radical (unpaired) electrons. The minimum Gasteiger partial charge on any atom is -0.384 e. The lowest BCUT2D eigenvalue weighted by Crippen LogP contribution is -2.27. The first kappa shape index (κ1) is 16.2. The minimum absolute atomic E-state index is 0.120. The number of aliphatic hydroxyl groups is 1. The summed E-state index contributed by atoms with van der Waals surface area (Å²) in [6.07, 6.45) is 2.15. The van der Waals surface area contributed by atoms with Crippen LogP contribution in [0.3, 0.4) is 0 Å². The predicted molar refractivity (Wildman–Crippen MR) is 78.5 cm³/mol. The number of unbranched alkanes of at least 4 members (excludes halogenated alkanes) is 1. The molecule has 0 aromatic heterocycles. The van der Waals surface area contributed by atoms with Gasteiger partial charge in [-0.3, -0.25) is 4.79 Å². The first-order chi connectivity index (χ1) is 9.77. The molecule has 0 saturated heterocycles. The van der Waals surface area contributed by atoms with Gasteiger partial charge in [-0.1, -0.05) is 25.2 Å². The first-order valence-electron chi connectivity index (χ1n) is 6.83. The van der Waals surface area contributed by atoms with Crippen molar-refractivity contribution in [3.8, 4) is 11.8 Å². The van der Waals surface area contributed by atoms with Crippen LogP contribution in [-0.4, -0.2) is 37.4 Å². The Hall–Kier alpha value is -1.83. The van der Waals surface area contributed by atoms with Crippen molar-refractivity contribution >= 4 is 5.91 Å². The maximum absolute atomic E-state index is 11.8. The number of carbonyl (C=O) groups excluding carboxylic acids is 1. The Morgan fingerprint density at radius 2 is 2.05 bits per heavy atom. The highest BCUT2D eigenvalue weighted by atomic mass is 16.5. The van der Waals surface area contributed by atoms with E-state index in [9.17, 15) is 4.79 Å². The maximum Gasteiger partial charge on any atom is 0.251 e. The van der Waals surface area contributed by atoms with Gasteiger partial charge in [0.05, 0.1) is 6.61 Å². The zero-order valence-electron chi connectivity index (χ0n) is 11.8. The van der Waals surface area contributed by atoms with E-state index in [0.29, 0.717) is 18.7 Å². The van der Waals surface area contributed by atoms with Crippen molar-refractivity contribution in [3.05, 3.63) is 35.4 Å². The van der Waals surface area contributed by atoms with E-state index < -0.39 is 0 Å². The van der Waals surface area contributed by atoms with Crippen molar-refractivity contribution in [2.24, 2.45) is 0 Å². The van der Waals surface area contributed by atoms with E-state index in [2.05, 4.69) is 24.1 Å². The van der Waals surface area contributed by atoms with Crippen molar-refractivity contribution in [1.82, 2.24) is 5.32 Å². The van der Waals surface area contributed by atoms with Gasteiger partial charge in [0.2, 0.25) is 0 Å². The number of amides is 1. The predicted octanol–water partition coefficient (Wildman–Crippen LogP) is 1.58. The molecule has 0 bridgehead atoms. The molecule has 4 nitrogen and oxygen atoms in total. The van der Waals surface area contributed by atoms with Gasteiger partial charge in [-0.25, -0.2) is 0 Å². The molecule has 1 amide bonds. The molecule has 0 aliphatic rings. The average Bonchev–Trinajstić information content (AvgIpc) is 2.49. The summed E-state index contributed by atoms with van der Waals surface area (Å²) in [5.41, 5.74) is 1.37. The highest BCUT2D eigenvalue weighted by Gasteiger charge is 2.03. The van der Waals surface area contributed by atoms with E-state index >= 15 is 0 Å². The summed E-state index contributed by atoms with van der Waals surface area (Å²) < 4.78 is 5.37. The highest BCUT2D eigenvalue weighted by molar-refractivity contribution is 5.94. The zero-order valence-corrected chi connectivity index (χ0v) is 11.8. The zero-order chi connectivity index (χ0) is 14.6. The Morgan fingerprint density at radius 1 is 1.30 bits per heavy atom. The third-order valence-electron chi connectivity index (χ3n) is 2.63. The largest absolute Gasteiger partial charge is 0.384 e. The van der Waals surface area contributed by atoms with Gasteiger partial charge in [0.25, 0.3) is 5.91 Å². The second-order valence-corrected chi connectivity index (χ2v) is 4.26. The van der Waals surface area contributed by atoms with Gasteiger partial charge in [-0.2, -0.15) is 0 Å². The summed E-state index contributed by atoms with van der Waals surface area (Å²) in [5, 5.41) is 11.4. The van der Waals surface area contributed by atoms with Crippen molar-refractivity contribution in [2.45, 2.75) is 19.8 Å². The van der Waals surface area contributed by atoms with Crippen LogP contribution < -0.4 is 5.32 Å². The van der Waals surface area contributed by atoms with Crippen LogP contribution in [0.15, 0.2) is 24.3 Å². The van der Waals surface area contributed by atoms with Gasteiger partial charge in [0.15, 0.2) is 0 Å². The van der Waals surface area contributed by atoms with Crippen molar-refractivity contribution in [2.75, 3.05) is 26.4 Å². The van der Waals surface area contributed by atoms with Crippen LogP contribution in [0.4, 0.5) is 0 Å². The molecular formula is C16H21NO3. The number of rotatable bonds is 7. The molecule has 0 aliphatic heterocycles. The van der Waals surface area contributed by atoms with Gasteiger partial charge in [-0.05, 0) is 30.7 Å². The standard InChI is InChI=1S/C16H21NO3/c1-2-3-12-20-13-10-17-16(19)15-8-6-14(7-9-15)5-4-11-18/h6-9,18H,2-3,10-13H2,1H3,(H,17,19). The average molecular weight is 275 g/mol. The van der Waals surface area contributed by atoms with Crippen molar-refractivity contribution in [3.63, 3.8) is 0 Å². The normalized spacial score (nSPS) is 9.70. The molecule has 4 heteroatoms. The van der Waals surface area contributed by atoms with Crippen LogP contribution in [-0.2, 0) is 4.74 Å². The van der Waals surface area contributed by atoms with Crippen LogP contribution in [0.1, 0.15) is 35.7 Å².